The summed E-state index contributed by atoms with van der Waals surface area (Å²) in [6.45, 7) is 1.21. The van der Waals surface area contributed by atoms with Crippen LogP contribution < -0.4 is 5.73 Å². The van der Waals surface area contributed by atoms with Gasteiger partial charge in [0.25, 0.3) is 0 Å². The van der Waals surface area contributed by atoms with Crippen molar-refractivity contribution >= 4 is 0 Å². The summed E-state index contributed by atoms with van der Waals surface area (Å²) in [6.07, 6.45) is 4.21. The first-order valence-electron chi connectivity index (χ1n) is 4.85. The van der Waals surface area contributed by atoms with E-state index in [-0.39, 0.29) is 0 Å². The van der Waals surface area contributed by atoms with Gasteiger partial charge in [-0.05, 0) is 6.07 Å². The number of rotatable bonds is 4. The summed E-state index contributed by atoms with van der Waals surface area (Å²) in [4.78, 5) is 4.06. The second-order valence-corrected chi connectivity index (χ2v) is 3.30. The molecule has 15 heavy (non-hydrogen) atoms. The van der Waals surface area contributed by atoms with Gasteiger partial charge in [-0.3, -0.25) is 4.68 Å². The van der Waals surface area contributed by atoms with Gasteiger partial charge in [-0.15, -0.1) is 0 Å². The monoisotopic (exact) mass is 206 g/mol. The van der Waals surface area contributed by atoms with Gasteiger partial charge < -0.3 is 5.73 Å². The minimum atomic E-state index is 0.422. The summed E-state index contributed by atoms with van der Waals surface area (Å²) in [5, 5.41) is 8.22. The molecule has 0 fully saturated rings. The van der Waals surface area contributed by atoms with Crippen molar-refractivity contribution in [2.24, 2.45) is 12.8 Å². The molecule has 0 aliphatic heterocycles. The van der Waals surface area contributed by atoms with E-state index in [4.69, 9.17) is 5.73 Å². The molecule has 80 valence electrons. The van der Waals surface area contributed by atoms with Crippen LogP contribution in [-0.4, -0.2) is 24.5 Å². The lowest BCUT2D eigenvalue weighted by molar-refractivity contribution is 0.560. The molecule has 2 aromatic rings. The average Bonchev–Trinajstić information content (AvgIpc) is 2.83. The predicted octanol–water partition coefficient (Wildman–Crippen LogP) is -0.287. The van der Waals surface area contributed by atoms with Crippen LogP contribution in [0.2, 0.25) is 0 Å². The van der Waals surface area contributed by atoms with Crippen molar-refractivity contribution in [1.82, 2.24) is 24.5 Å². The normalized spacial score (nSPS) is 10.8. The van der Waals surface area contributed by atoms with Gasteiger partial charge in [0.2, 0.25) is 0 Å². The summed E-state index contributed by atoms with van der Waals surface area (Å²) in [5.41, 5.74) is 6.71. The Morgan fingerprint density at radius 2 is 2.27 bits per heavy atom. The van der Waals surface area contributed by atoms with Gasteiger partial charge in [0.15, 0.2) is 0 Å². The maximum Gasteiger partial charge on any atom is 0.140 e. The zero-order valence-electron chi connectivity index (χ0n) is 8.67. The molecule has 2 aromatic heterocycles. The van der Waals surface area contributed by atoms with Crippen LogP contribution in [0.3, 0.4) is 0 Å². The fourth-order valence-electron chi connectivity index (χ4n) is 1.50. The lowest BCUT2D eigenvalue weighted by Crippen LogP contribution is -2.12. The topological polar surface area (TPSA) is 74.5 Å². The first-order chi connectivity index (χ1) is 7.31. The van der Waals surface area contributed by atoms with E-state index in [2.05, 4.69) is 15.2 Å². The van der Waals surface area contributed by atoms with Crippen LogP contribution >= 0.6 is 0 Å². The molecule has 0 aliphatic carbocycles. The van der Waals surface area contributed by atoms with Gasteiger partial charge >= 0.3 is 0 Å². The van der Waals surface area contributed by atoms with Gasteiger partial charge in [0.1, 0.15) is 12.2 Å². The lowest BCUT2D eigenvalue weighted by Gasteiger charge is -2.04. The van der Waals surface area contributed by atoms with E-state index < -0.39 is 0 Å². The Hall–Kier alpha value is -1.69. The quantitative estimate of drug-likeness (QED) is 0.746. The first-order valence-corrected chi connectivity index (χ1v) is 4.85. The Balaban J connectivity index is 2.02. The van der Waals surface area contributed by atoms with Crippen LogP contribution in [0.5, 0.6) is 0 Å². The highest BCUT2D eigenvalue weighted by molar-refractivity contribution is 5.00. The Bertz CT molecular complexity index is 429. The van der Waals surface area contributed by atoms with Crippen molar-refractivity contribution in [2.75, 3.05) is 0 Å². The maximum absolute atomic E-state index is 5.53. The summed E-state index contributed by atoms with van der Waals surface area (Å²) < 4.78 is 3.69. The van der Waals surface area contributed by atoms with Crippen LogP contribution in [0, 0.1) is 0 Å². The van der Waals surface area contributed by atoms with Crippen molar-refractivity contribution in [2.45, 2.75) is 19.5 Å². The molecule has 0 unspecified atom stereocenters. The van der Waals surface area contributed by atoms with Crippen LogP contribution in [0.15, 0.2) is 18.6 Å². The van der Waals surface area contributed by atoms with E-state index in [9.17, 15) is 0 Å². The fraction of sp³-hybridized carbons (Fsp3) is 0.444. The predicted molar refractivity (Wildman–Crippen MR) is 54.8 cm³/mol. The maximum atomic E-state index is 5.53. The molecule has 0 aromatic carbocycles. The molecule has 0 spiro atoms. The highest BCUT2D eigenvalue weighted by Crippen LogP contribution is 2.01. The van der Waals surface area contributed by atoms with E-state index in [0.29, 0.717) is 6.54 Å². The zero-order chi connectivity index (χ0) is 10.7. The Morgan fingerprint density at radius 1 is 1.40 bits per heavy atom. The molecular weight excluding hydrogens is 192 g/mol. The Kier molecular flexibility index (Phi) is 2.77. The molecule has 0 radical (unpaired) electrons. The second kappa shape index (κ2) is 4.22. The highest BCUT2D eigenvalue weighted by atomic mass is 15.3. The molecule has 6 heteroatoms. The molecule has 2 heterocycles. The van der Waals surface area contributed by atoms with Crippen molar-refractivity contribution in [1.29, 1.82) is 0 Å². The molecule has 2 rings (SSSR count). The van der Waals surface area contributed by atoms with E-state index in [0.717, 1.165) is 18.8 Å². The van der Waals surface area contributed by atoms with Crippen LogP contribution in [0.25, 0.3) is 0 Å². The van der Waals surface area contributed by atoms with E-state index >= 15 is 0 Å². The lowest BCUT2D eigenvalue weighted by atomic mass is 10.3. The van der Waals surface area contributed by atoms with Crippen LogP contribution in [-0.2, 0) is 26.6 Å². The molecule has 0 saturated carbocycles. The van der Waals surface area contributed by atoms with Gasteiger partial charge in [0, 0.05) is 31.9 Å². The Morgan fingerprint density at radius 3 is 2.93 bits per heavy atom. The second-order valence-electron chi connectivity index (χ2n) is 3.30. The van der Waals surface area contributed by atoms with E-state index in [1.807, 2.05) is 22.5 Å². The van der Waals surface area contributed by atoms with Crippen molar-refractivity contribution in [3.63, 3.8) is 0 Å². The summed E-state index contributed by atoms with van der Waals surface area (Å²) in [5.74, 6) is 0.817. The number of nitrogens with two attached hydrogens (primary N) is 1. The van der Waals surface area contributed by atoms with Gasteiger partial charge in [0.05, 0.1) is 6.54 Å². The number of aryl methyl sites for hydroxylation is 3. The van der Waals surface area contributed by atoms with Gasteiger partial charge in [-0.25, -0.2) is 9.67 Å². The fourth-order valence-corrected chi connectivity index (χ4v) is 1.50. The summed E-state index contributed by atoms with van der Waals surface area (Å²) in [7, 11) is 1.93. The minimum Gasteiger partial charge on any atom is -0.324 e. The molecule has 2 N–H and O–H groups in total. The Labute approximate surface area is 87.7 Å². The largest absolute Gasteiger partial charge is 0.324 e. The summed E-state index contributed by atoms with van der Waals surface area (Å²) >= 11 is 0. The third-order valence-electron chi connectivity index (χ3n) is 2.38. The number of hydrogen-bond donors (Lipinski definition) is 1. The van der Waals surface area contributed by atoms with Crippen molar-refractivity contribution in [3.05, 3.63) is 30.1 Å². The molecule has 0 atom stereocenters. The van der Waals surface area contributed by atoms with Crippen LogP contribution in [0.1, 0.15) is 11.5 Å². The van der Waals surface area contributed by atoms with Crippen LogP contribution in [0.4, 0.5) is 0 Å². The first kappa shape index (κ1) is 9.85. The standard InChI is InChI=1S/C9H14N6/c1-14-8(2-4-12-14)3-5-15-9(6-10)11-7-13-15/h2,4,7H,3,5-6,10H2,1H3. The minimum absolute atomic E-state index is 0.422. The number of nitrogens with zero attached hydrogens (tertiary/aromatic N) is 5. The SMILES string of the molecule is Cn1nccc1CCn1ncnc1CN. The summed E-state index contributed by atoms with van der Waals surface area (Å²) in [6, 6.07) is 2.00. The van der Waals surface area contributed by atoms with E-state index in [1.165, 1.54) is 12.0 Å². The molecular formula is C9H14N6. The van der Waals surface area contributed by atoms with Crippen molar-refractivity contribution in [3.8, 4) is 0 Å². The van der Waals surface area contributed by atoms with Crippen molar-refractivity contribution < 1.29 is 0 Å². The molecule has 0 aliphatic rings. The third kappa shape index (κ3) is 2.04. The highest BCUT2D eigenvalue weighted by Gasteiger charge is 2.03. The molecule has 6 nitrogen and oxygen atoms in total. The van der Waals surface area contributed by atoms with Gasteiger partial charge in [-0.2, -0.15) is 10.2 Å². The molecule has 0 bridgehead atoms. The third-order valence-corrected chi connectivity index (χ3v) is 2.38. The average molecular weight is 206 g/mol. The molecule has 0 saturated heterocycles. The zero-order valence-corrected chi connectivity index (χ0v) is 8.67. The van der Waals surface area contributed by atoms with E-state index in [1.54, 1.807) is 6.20 Å². The number of aromatic nitrogens is 5. The number of hydrogen-bond acceptors (Lipinski definition) is 4. The smallest absolute Gasteiger partial charge is 0.140 e. The molecule has 0 amide bonds. The van der Waals surface area contributed by atoms with Gasteiger partial charge in [-0.1, -0.05) is 0 Å².